The summed E-state index contributed by atoms with van der Waals surface area (Å²) in [5.41, 5.74) is 0. The summed E-state index contributed by atoms with van der Waals surface area (Å²) in [6.07, 6.45) is 11.3. The number of hydrogen-bond acceptors (Lipinski definition) is 1. The van der Waals surface area contributed by atoms with Crippen molar-refractivity contribution in [1.29, 1.82) is 0 Å². The van der Waals surface area contributed by atoms with Gasteiger partial charge in [-0.25, -0.2) is 0 Å². The average Bonchev–Trinajstić information content (AvgIpc) is 2.30. The number of unbranched alkanes of at least 4 members (excludes halogenated alkanes) is 4. The molecule has 0 aliphatic carbocycles. The summed E-state index contributed by atoms with van der Waals surface area (Å²) in [5.74, 6) is 0.962. The van der Waals surface area contributed by atoms with Crippen LogP contribution in [0.3, 0.4) is 0 Å². The zero-order valence-corrected chi connectivity index (χ0v) is 12.5. The summed E-state index contributed by atoms with van der Waals surface area (Å²) in [5, 5.41) is 1.18. The molecular weight excluding hydrogens is 262 g/mol. The zero-order chi connectivity index (χ0) is 11.6. The van der Waals surface area contributed by atoms with Crippen LogP contribution in [0.25, 0.3) is 0 Å². The van der Waals surface area contributed by atoms with Crippen molar-refractivity contribution in [1.82, 2.24) is 4.90 Å². The van der Waals surface area contributed by atoms with Crippen LogP contribution in [0.2, 0.25) is 0 Å². The summed E-state index contributed by atoms with van der Waals surface area (Å²) in [6, 6.07) is 0. The van der Waals surface area contributed by atoms with Crippen molar-refractivity contribution in [2.24, 2.45) is 5.92 Å². The molecule has 1 aliphatic heterocycles. The molecule has 16 heavy (non-hydrogen) atoms. The molecule has 1 saturated heterocycles. The van der Waals surface area contributed by atoms with Gasteiger partial charge in [-0.1, -0.05) is 48.5 Å². The molecule has 0 amide bonds. The first-order chi connectivity index (χ1) is 7.86. The SMILES string of the molecule is CCCCCCCN1CCCC(CCBr)C1. The minimum Gasteiger partial charge on any atom is -0.303 e. The first-order valence-electron chi connectivity index (χ1n) is 7.15. The maximum atomic E-state index is 3.57. The minimum absolute atomic E-state index is 0.962. The van der Waals surface area contributed by atoms with Gasteiger partial charge in [-0.05, 0) is 44.7 Å². The van der Waals surface area contributed by atoms with Gasteiger partial charge in [0.05, 0.1) is 0 Å². The van der Waals surface area contributed by atoms with Crippen LogP contribution in [0.15, 0.2) is 0 Å². The Hall–Kier alpha value is 0.440. The largest absolute Gasteiger partial charge is 0.303 e. The Kier molecular flexibility index (Phi) is 8.58. The number of likely N-dealkylation sites (tertiary alicyclic amines) is 1. The molecule has 1 rings (SSSR count). The second-order valence-corrected chi connectivity index (χ2v) is 5.99. The minimum atomic E-state index is 0.962. The molecule has 0 saturated carbocycles. The number of piperidine rings is 1. The van der Waals surface area contributed by atoms with Gasteiger partial charge in [-0.2, -0.15) is 0 Å². The lowest BCUT2D eigenvalue weighted by Crippen LogP contribution is -2.36. The van der Waals surface area contributed by atoms with Crippen LogP contribution < -0.4 is 0 Å². The van der Waals surface area contributed by atoms with E-state index >= 15 is 0 Å². The second-order valence-electron chi connectivity index (χ2n) is 5.20. The van der Waals surface area contributed by atoms with Crippen molar-refractivity contribution in [3.05, 3.63) is 0 Å². The first-order valence-corrected chi connectivity index (χ1v) is 8.27. The molecule has 1 nitrogen and oxygen atoms in total. The standard InChI is InChI=1S/C14H28BrN/c1-2-3-4-5-6-11-16-12-7-8-14(13-16)9-10-15/h14H,2-13H2,1H3. The molecule has 0 aromatic carbocycles. The van der Waals surface area contributed by atoms with E-state index in [1.807, 2.05) is 0 Å². The smallest absolute Gasteiger partial charge is 0.00344 e. The van der Waals surface area contributed by atoms with E-state index in [-0.39, 0.29) is 0 Å². The highest BCUT2D eigenvalue weighted by atomic mass is 79.9. The van der Waals surface area contributed by atoms with Gasteiger partial charge in [0.1, 0.15) is 0 Å². The Bertz CT molecular complexity index is 159. The fourth-order valence-electron chi connectivity index (χ4n) is 2.68. The number of halogens is 1. The summed E-state index contributed by atoms with van der Waals surface area (Å²) in [6.45, 7) is 6.35. The fourth-order valence-corrected chi connectivity index (χ4v) is 3.33. The number of nitrogens with zero attached hydrogens (tertiary/aromatic N) is 1. The molecule has 0 radical (unpaired) electrons. The summed E-state index contributed by atoms with van der Waals surface area (Å²) in [7, 11) is 0. The third kappa shape index (κ3) is 6.24. The Morgan fingerprint density at radius 3 is 2.75 bits per heavy atom. The van der Waals surface area contributed by atoms with E-state index in [0.29, 0.717) is 0 Å². The predicted octanol–water partition coefficient (Wildman–Crippen LogP) is 4.45. The van der Waals surface area contributed by atoms with Crippen LogP contribution in [0.4, 0.5) is 0 Å². The number of rotatable bonds is 8. The first kappa shape index (κ1) is 14.5. The third-order valence-corrected chi connectivity index (χ3v) is 4.16. The molecule has 96 valence electrons. The van der Waals surface area contributed by atoms with Gasteiger partial charge in [0, 0.05) is 11.9 Å². The molecule has 1 aliphatic rings. The topological polar surface area (TPSA) is 3.24 Å². The molecule has 0 bridgehead atoms. The quantitative estimate of drug-likeness (QED) is 0.471. The summed E-state index contributed by atoms with van der Waals surface area (Å²) >= 11 is 3.57. The van der Waals surface area contributed by atoms with Gasteiger partial charge in [0.2, 0.25) is 0 Å². The van der Waals surface area contributed by atoms with Crippen molar-refractivity contribution in [2.45, 2.75) is 58.3 Å². The van der Waals surface area contributed by atoms with Gasteiger partial charge in [0.15, 0.2) is 0 Å². The summed E-state index contributed by atoms with van der Waals surface area (Å²) in [4.78, 5) is 2.70. The fraction of sp³-hybridized carbons (Fsp3) is 1.00. The lowest BCUT2D eigenvalue weighted by Gasteiger charge is -2.32. The zero-order valence-electron chi connectivity index (χ0n) is 10.9. The van der Waals surface area contributed by atoms with Gasteiger partial charge < -0.3 is 4.90 Å². The van der Waals surface area contributed by atoms with Crippen LogP contribution in [0.5, 0.6) is 0 Å². The highest BCUT2D eigenvalue weighted by molar-refractivity contribution is 9.09. The van der Waals surface area contributed by atoms with Crippen LogP contribution in [0, 0.1) is 5.92 Å². The molecule has 0 aromatic rings. The Morgan fingerprint density at radius 2 is 2.00 bits per heavy atom. The Morgan fingerprint density at radius 1 is 1.19 bits per heavy atom. The van der Waals surface area contributed by atoms with E-state index < -0.39 is 0 Å². The normalized spacial score (nSPS) is 22.5. The van der Waals surface area contributed by atoms with Crippen molar-refractivity contribution in [3.63, 3.8) is 0 Å². The van der Waals surface area contributed by atoms with Gasteiger partial charge >= 0.3 is 0 Å². The van der Waals surface area contributed by atoms with Crippen LogP contribution in [-0.4, -0.2) is 29.9 Å². The lowest BCUT2D eigenvalue weighted by atomic mass is 9.95. The predicted molar refractivity (Wildman–Crippen MR) is 76.3 cm³/mol. The maximum Gasteiger partial charge on any atom is 0.00344 e. The molecule has 0 aromatic heterocycles. The van der Waals surface area contributed by atoms with E-state index in [4.69, 9.17) is 0 Å². The van der Waals surface area contributed by atoms with E-state index in [1.54, 1.807) is 0 Å². The second kappa shape index (κ2) is 9.47. The van der Waals surface area contributed by atoms with Crippen molar-refractivity contribution in [2.75, 3.05) is 25.0 Å². The Labute approximate surface area is 110 Å². The average molecular weight is 290 g/mol. The summed E-state index contributed by atoms with van der Waals surface area (Å²) < 4.78 is 0. The van der Waals surface area contributed by atoms with Crippen molar-refractivity contribution >= 4 is 15.9 Å². The van der Waals surface area contributed by atoms with E-state index in [2.05, 4.69) is 27.8 Å². The molecule has 1 atom stereocenters. The Balaban J connectivity index is 2.02. The highest BCUT2D eigenvalue weighted by Crippen LogP contribution is 2.20. The molecule has 1 heterocycles. The molecule has 0 N–H and O–H groups in total. The highest BCUT2D eigenvalue weighted by Gasteiger charge is 2.18. The van der Waals surface area contributed by atoms with Crippen LogP contribution in [0.1, 0.15) is 58.3 Å². The third-order valence-electron chi connectivity index (χ3n) is 3.70. The van der Waals surface area contributed by atoms with Gasteiger partial charge in [-0.3, -0.25) is 0 Å². The van der Waals surface area contributed by atoms with E-state index in [9.17, 15) is 0 Å². The van der Waals surface area contributed by atoms with Crippen LogP contribution >= 0.6 is 15.9 Å². The van der Waals surface area contributed by atoms with Crippen LogP contribution in [-0.2, 0) is 0 Å². The number of alkyl halides is 1. The van der Waals surface area contributed by atoms with Gasteiger partial charge in [0.25, 0.3) is 0 Å². The molecule has 2 heteroatoms. The molecule has 1 unspecified atom stereocenters. The number of hydrogen-bond donors (Lipinski definition) is 0. The maximum absolute atomic E-state index is 3.57. The van der Waals surface area contributed by atoms with Crippen molar-refractivity contribution in [3.8, 4) is 0 Å². The van der Waals surface area contributed by atoms with Gasteiger partial charge in [-0.15, -0.1) is 0 Å². The van der Waals surface area contributed by atoms with E-state index in [1.165, 1.54) is 76.3 Å². The lowest BCUT2D eigenvalue weighted by molar-refractivity contribution is 0.169. The van der Waals surface area contributed by atoms with E-state index in [0.717, 1.165) is 5.92 Å². The molecule has 0 spiro atoms. The van der Waals surface area contributed by atoms with Crippen molar-refractivity contribution < 1.29 is 0 Å². The molecular formula is C14H28BrN. The monoisotopic (exact) mass is 289 g/mol. The molecule has 1 fully saturated rings.